The van der Waals surface area contributed by atoms with Gasteiger partial charge in [-0.1, -0.05) is 103 Å². The summed E-state index contributed by atoms with van der Waals surface area (Å²) in [6.07, 6.45) is 19.8. The molecule has 0 saturated carbocycles. The number of rotatable bonds is 22. The standard InChI is InChI=1S/C36H53N3O5/c1-4-5-6-7-8-9-10-11-12-13-14-15-16-17-18-22-33(40)38-31-25-23-29(24-26-31)35(42)37-28(2)34(41)39-32-21-19-20-30(27-32)36(43)44-3/h19-21,23-28H,4-18,22H2,1-3H3,(H,37,42)(H,38,40)(H,39,41)/t28-/m1/s1. The molecule has 0 aliphatic rings. The molecule has 2 rings (SSSR count). The maximum atomic E-state index is 12.7. The normalized spacial score (nSPS) is 11.4. The van der Waals surface area contributed by atoms with Crippen molar-refractivity contribution < 1.29 is 23.9 Å². The first kappa shape index (κ1) is 36.5. The Morgan fingerprint density at radius 2 is 1.20 bits per heavy atom. The molecule has 242 valence electrons. The topological polar surface area (TPSA) is 114 Å². The number of carbonyl (C=O) groups is 4. The van der Waals surface area contributed by atoms with Crippen LogP contribution >= 0.6 is 0 Å². The van der Waals surface area contributed by atoms with Gasteiger partial charge < -0.3 is 20.7 Å². The van der Waals surface area contributed by atoms with Gasteiger partial charge in [0.15, 0.2) is 0 Å². The van der Waals surface area contributed by atoms with Crippen LogP contribution in [0.3, 0.4) is 0 Å². The van der Waals surface area contributed by atoms with Gasteiger partial charge in [0.25, 0.3) is 5.91 Å². The van der Waals surface area contributed by atoms with Gasteiger partial charge in [0, 0.05) is 23.4 Å². The molecule has 0 fully saturated rings. The summed E-state index contributed by atoms with van der Waals surface area (Å²) in [5.74, 6) is -1.37. The van der Waals surface area contributed by atoms with Crippen molar-refractivity contribution in [3.8, 4) is 0 Å². The second-order valence-corrected chi connectivity index (χ2v) is 11.6. The predicted octanol–water partition coefficient (Wildman–Crippen LogP) is 8.43. The molecule has 2 aromatic rings. The molecule has 0 unspecified atom stereocenters. The van der Waals surface area contributed by atoms with E-state index in [0.29, 0.717) is 28.9 Å². The van der Waals surface area contributed by atoms with Crippen molar-refractivity contribution in [2.45, 2.75) is 123 Å². The molecule has 0 spiro atoms. The van der Waals surface area contributed by atoms with Gasteiger partial charge in [-0.25, -0.2) is 4.79 Å². The number of unbranched alkanes of at least 4 members (excludes halogenated alkanes) is 14. The highest BCUT2D eigenvalue weighted by Gasteiger charge is 2.17. The van der Waals surface area contributed by atoms with Gasteiger partial charge in [0.1, 0.15) is 6.04 Å². The molecule has 0 aliphatic carbocycles. The molecule has 44 heavy (non-hydrogen) atoms. The van der Waals surface area contributed by atoms with Crippen LogP contribution in [-0.2, 0) is 14.3 Å². The van der Waals surface area contributed by atoms with E-state index in [1.165, 1.54) is 96.6 Å². The lowest BCUT2D eigenvalue weighted by atomic mass is 10.0. The van der Waals surface area contributed by atoms with Gasteiger partial charge in [0.05, 0.1) is 12.7 Å². The van der Waals surface area contributed by atoms with E-state index in [0.717, 1.165) is 12.8 Å². The number of methoxy groups -OCH3 is 1. The zero-order valence-electron chi connectivity index (χ0n) is 27.1. The predicted molar refractivity (Wildman–Crippen MR) is 178 cm³/mol. The Balaban J connectivity index is 1.57. The van der Waals surface area contributed by atoms with Gasteiger partial charge in [0.2, 0.25) is 11.8 Å². The van der Waals surface area contributed by atoms with Crippen molar-refractivity contribution in [3.05, 3.63) is 59.7 Å². The van der Waals surface area contributed by atoms with E-state index in [1.807, 2.05) is 0 Å². The molecule has 0 bridgehead atoms. The van der Waals surface area contributed by atoms with Crippen LogP contribution in [0.2, 0.25) is 0 Å². The van der Waals surface area contributed by atoms with Gasteiger partial charge in [-0.15, -0.1) is 0 Å². The average Bonchev–Trinajstić information content (AvgIpc) is 3.02. The van der Waals surface area contributed by atoms with E-state index < -0.39 is 23.8 Å². The Morgan fingerprint density at radius 1 is 0.659 bits per heavy atom. The number of anilines is 2. The lowest BCUT2D eigenvalue weighted by Crippen LogP contribution is -2.41. The Labute approximate surface area is 264 Å². The van der Waals surface area contributed by atoms with E-state index in [4.69, 9.17) is 4.74 Å². The number of esters is 1. The minimum Gasteiger partial charge on any atom is -0.465 e. The number of carbonyl (C=O) groups excluding carboxylic acids is 4. The second kappa shape index (κ2) is 21.9. The summed E-state index contributed by atoms with van der Waals surface area (Å²) < 4.78 is 4.70. The molecular weight excluding hydrogens is 554 g/mol. The summed E-state index contributed by atoms with van der Waals surface area (Å²) in [5, 5.41) is 8.25. The zero-order chi connectivity index (χ0) is 32.0. The Bertz CT molecular complexity index is 1150. The quantitative estimate of drug-likeness (QED) is 0.0918. The third kappa shape index (κ3) is 15.2. The molecule has 3 amide bonds. The third-order valence-electron chi connectivity index (χ3n) is 7.73. The molecule has 0 aromatic heterocycles. The van der Waals surface area contributed by atoms with Crippen LogP contribution in [-0.4, -0.2) is 36.8 Å². The number of nitrogens with one attached hydrogen (secondary N) is 3. The van der Waals surface area contributed by atoms with E-state index >= 15 is 0 Å². The van der Waals surface area contributed by atoms with Crippen LogP contribution in [0.15, 0.2) is 48.5 Å². The van der Waals surface area contributed by atoms with Crippen LogP contribution in [0.25, 0.3) is 0 Å². The highest BCUT2D eigenvalue weighted by Crippen LogP contribution is 2.16. The molecule has 0 radical (unpaired) electrons. The molecule has 0 heterocycles. The molecule has 3 N–H and O–H groups in total. The Morgan fingerprint density at radius 3 is 1.75 bits per heavy atom. The SMILES string of the molecule is CCCCCCCCCCCCCCCCCC(=O)Nc1ccc(C(=O)N[C@H](C)C(=O)Nc2cccc(C(=O)OC)c2)cc1. The molecule has 2 aromatic carbocycles. The van der Waals surface area contributed by atoms with Gasteiger partial charge in [-0.05, 0) is 55.8 Å². The summed E-state index contributed by atoms with van der Waals surface area (Å²) in [5.41, 5.74) is 1.73. The summed E-state index contributed by atoms with van der Waals surface area (Å²) >= 11 is 0. The second-order valence-electron chi connectivity index (χ2n) is 11.6. The lowest BCUT2D eigenvalue weighted by molar-refractivity contribution is -0.118. The number of amides is 3. The van der Waals surface area contributed by atoms with Gasteiger partial charge in [-0.2, -0.15) is 0 Å². The molecule has 8 nitrogen and oxygen atoms in total. The average molecular weight is 608 g/mol. The molecule has 1 atom stereocenters. The van der Waals surface area contributed by atoms with Crippen LogP contribution in [0.5, 0.6) is 0 Å². The smallest absolute Gasteiger partial charge is 0.337 e. The number of benzene rings is 2. The van der Waals surface area contributed by atoms with Gasteiger partial charge in [-0.3, -0.25) is 14.4 Å². The highest BCUT2D eigenvalue weighted by atomic mass is 16.5. The fraction of sp³-hybridized carbons (Fsp3) is 0.556. The van der Waals surface area contributed by atoms with Gasteiger partial charge >= 0.3 is 5.97 Å². The maximum absolute atomic E-state index is 12.7. The summed E-state index contributed by atoms with van der Waals surface area (Å²) in [4.78, 5) is 49.3. The molecular formula is C36H53N3O5. The largest absolute Gasteiger partial charge is 0.465 e. The third-order valence-corrected chi connectivity index (χ3v) is 7.73. The minimum atomic E-state index is -0.821. The van der Waals surface area contributed by atoms with Crippen LogP contribution in [0, 0.1) is 0 Å². The van der Waals surface area contributed by atoms with E-state index in [-0.39, 0.29) is 5.91 Å². The van der Waals surface area contributed by atoms with Crippen molar-refractivity contribution >= 4 is 35.1 Å². The highest BCUT2D eigenvalue weighted by molar-refractivity contribution is 6.02. The summed E-state index contributed by atoms with van der Waals surface area (Å²) in [6.45, 7) is 3.84. The minimum absolute atomic E-state index is 0.0292. The fourth-order valence-corrected chi connectivity index (χ4v) is 5.02. The fourth-order valence-electron chi connectivity index (χ4n) is 5.02. The lowest BCUT2D eigenvalue weighted by Gasteiger charge is -2.15. The Hall–Kier alpha value is -3.68. The summed E-state index contributed by atoms with van der Waals surface area (Å²) in [7, 11) is 1.29. The molecule has 8 heteroatoms. The number of ether oxygens (including phenoxy) is 1. The van der Waals surface area contributed by atoms with Crippen molar-refractivity contribution in [1.82, 2.24) is 5.32 Å². The first-order valence-corrected chi connectivity index (χ1v) is 16.5. The monoisotopic (exact) mass is 607 g/mol. The van der Waals surface area contributed by atoms with E-state index in [2.05, 4.69) is 22.9 Å². The van der Waals surface area contributed by atoms with Crippen molar-refractivity contribution in [3.63, 3.8) is 0 Å². The van der Waals surface area contributed by atoms with Crippen LogP contribution < -0.4 is 16.0 Å². The first-order chi connectivity index (χ1) is 21.3. The molecule has 0 saturated heterocycles. The van der Waals surface area contributed by atoms with E-state index in [9.17, 15) is 19.2 Å². The van der Waals surface area contributed by atoms with Crippen LogP contribution in [0.4, 0.5) is 11.4 Å². The molecule has 0 aliphatic heterocycles. The number of hydrogen-bond donors (Lipinski definition) is 3. The number of hydrogen-bond acceptors (Lipinski definition) is 5. The van der Waals surface area contributed by atoms with Crippen molar-refractivity contribution in [2.24, 2.45) is 0 Å². The van der Waals surface area contributed by atoms with Crippen LogP contribution in [0.1, 0.15) is 137 Å². The first-order valence-electron chi connectivity index (χ1n) is 16.5. The van der Waals surface area contributed by atoms with E-state index in [1.54, 1.807) is 49.4 Å². The van der Waals surface area contributed by atoms with Crippen molar-refractivity contribution in [1.29, 1.82) is 0 Å². The zero-order valence-corrected chi connectivity index (χ0v) is 27.1. The maximum Gasteiger partial charge on any atom is 0.337 e. The Kier molecular flexibility index (Phi) is 18.2. The summed E-state index contributed by atoms with van der Waals surface area (Å²) in [6, 6.07) is 12.1. The van der Waals surface area contributed by atoms with Crippen molar-refractivity contribution in [2.75, 3.05) is 17.7 Å².